The van der Waals surface area contributed by atoms with Crippen LogP contribution in [0.15, 0.2) is 22.7 Å². The smallest absolute Gasteiger partial charge is 0.305 e. The predicted octanol–water partition coefficient (Wildman–Crippen LogP) is 3.37. The quantitative estimate of drug-likeness (QED) is 0.607. The van der Waals surface area contributed by atoms with Crippen LogP contribution < -0.4 is 4.74 Å². The number of hydrogen-bond donors (Lipinski definition) is 0. The van der Waals surface area contributed by atoms with Crippen LogP contribution in [-0.2, 0) is 20.1 Å². The summed E-state index contributed by atoms with van der Waals surface area (Å²) in [7, 11) is 1.79. The molecule has 0 amide bonds. The summed E-state index contributed by atoms with van der Waals surface area (Å²) in [6.07, 6.45) is 0.778. The van der Waals surface area contributed by atoms with Gasteiger partial charge < -0.3 is 4.74 Å². The Balaban J connectivity index is 2.15. The number of nitro groups is 1. The van der Waals surface area contributed by atoms with Crippen molar-refractivity contribution in [3.63, 3.8) is 0 Å². The van der Waals surface area contributed by atoms with Crippen LogP contribution in [0.1, 0.15) is 18.3 Å². The van der Waals surface area contributed by atoms with E-state index in [1.165, 1.54) is 6.07 Å². The monoisotopic (exact) mass is 357 g/mol. The molecule has 0 N–H and O–H groups in total. The number of nitro benzene ring substituents is 1. The van der Waals surface area contributed by atoms with Crippen molar-refractivity contribution in [3.05, 3.63) is 50.0 Å². The summed E-state index contributed by atoms with van der Waals surface area (Å²) in [5.74, 6) is -0.694. The molecule has 0 aliphatic heterocycles. The lowest BCUT2D eigenvalue weighted by Crippen LogP contribution is -2.04. The Hall–Kier alpha value is -1.96. The third-order valence-corrected chi connectivity index (χ3v) is 3.91. The van der Waals surface area contributed by atoms with Crippen molar-refractivity contribution in [1.29, 1.82) is 0 Å². The molecule has 21 heavy (non-hydrogen) atoms. The first-order chi connectivity index (χ1) is 9.93. The van der Waals surface area contributed by atoms with Gasteiger partial charge in [0.05, 0.1) is 20.8 Å². The van der Waals surface area contributed by atoms with Crippen LogP contribution in [0, 0.1) is 15.9 Å². The zero-order valence-corrected chi connectivity index (χ0v) is 13.1. The van der Waals surface area contributed by atoms with Gasteiger partial charge in [-0.2, -0.15) is 9.49 Å². The van der Waals surface area contributed by atoms with E-state index in [1.807, 2.05) is 6.92 Å². The molecule has 1 aromatic heterocycles. The molecule has 0 aliphatic carbocycles. The fourth-order valence-electron chi connectivity index (χ4n) is 1.85. The third-order valence-electron chi connectivity index (χ3n) is 2.99. The average molecular weight is 358 g/mol. The second-order valence-corrected chi connectivity index (χ2v) is 5.14. The maximum atomic E-state index is 13.5. The van der Waals surface area contributed by atoms with E-state index < -0.39 is 16.4 Å². The third kappa shape index (κ3) is 3.21. The average Bonchev–Trinajstić information content (AvgIpc) is 2.71. The standard InChI is InChI=1S/C13H13BrFN3O3/c1-3-10-13(14)12(17(2)16-10)7-21-8-4-5-11(18(19)20)9(15)6-8/h4-6H,3,7H2,1-2H3. The van der Waals surface area contributed by atoms with Crippen LogP contribution in [0.25, 0.3) is 0 Å². The molecule has 2 aromatic rings. The molecule has 8 heteroatoms. The number of aryl methyl sites for hydroxylation is 2. The number of benzene rings is 1. The molecule has 0 spiro atoms. The second-order valence-electron chi connectivity index (χ2n) is 4.34. The maximum absolute atomic E-state index is 13.5. The lowest BCUT2D eigenvalue weighted by molar-refractivity contribution is -0.387. The Morgan fingerprint density at radius 2 is 2.24 bits per heavy atom. The van der Waals surface area contributed by atoms with E-state index in [-0.39, 0.29) is 12.4 Å². The lowest BCUT2D eigenvalue weighted by atomic mass is 10.3. The fourth-order valence-corrected chi connectivity index (χ4v) is 2.58. The molecule has 112 valence electrons. The SMILES string of the molecule is CCc1nn(C)c(COc2ccc([N+](=O)[O-])c(F)c2)c1Br. The van der Waals surface area contributed by atoms with Gasteiger partial charge in [0.1, 0.15) is 12.4 Å². The minimum Gasteiger partial charge on any atom is -0.487 e. The van der Waals surface area contributed by atoms with Gasteiger partial charge in [-0.3, -0.25) is 14.8 Å². The number of rotatable bonds is 5. The first kappa shape index (κ1) is 15.4. The first-order valence-corrected chi connectivity index (χ1v) is 7.00. The molecule has 0 saturated carbocycles. The van der Waals surface area contributed by atoms with Crippen molar-refractivity contribution in [2.45, 2.75) is 20.0 Å². The number of ether oxygens (including phenoxy) is 1. The Morgan fingerprint density at radius 3 is 2.76 bits per heavy atom. The second kappa shape index (κ2) is 6.21. The molecule has 1 aromatic carbocycles. The van der Waals surface area contributed by atoms with Gasteiger partial charge in [0.2, 0.25) is 5.82 Å². The van der Waals surface area contributed by atoms with E-state index >= 15 is 0 Å². The minimum atomic E-state index is -0.921. The van der Waals surface area contributed by atoms with E-state index in [1.54, 1.807) is 11.7 Å². The molecule has 0 radical (unpaired) electrons. The van der Waals surface area contributed by atoms with Gasteiger partial charge in [-0.1, -0.05) is 6.92 Å². The highest BCUT2D eigenvalue weighted by molar-refractivity contribution is 9.10. The molecule has 1 heterocycles. The molecular weight excluding hydrogens is 345 g/mol. The van der Waals surface area contributed by atoms with Gasteiger partial charge in [-0.05, 0) is 28.4 Å². The van der Waals surface area contributed by atoms with Gasteiger partial charge in [0, 0.05) is 19.2 Å². The number of hydrogen-bond acceptors (Lipinski definition) is 4. The summed E-state index contributed by atoms with van der Waals surface area (Å²) < 4.78 is 21.5. The van der Waals surface area contributed by atoms with Crippen molar-refractivity contribution in [1.82, 2.24) is 9.78 Å². The highest BCUT2D eigenvalue weighted by Crippen LogP contribution is 2.25. The van der Waals surface area contributed by atoms with Crippen molar-refractivity contribution in [3.8, 4) is 5.75 Å². The number of halogens is 2. The van der Waals surface area contributed by atoms with E-state index in [2.05, 4.69) is 21.0 Å². The summed E-state index contributed by atoms with van der Waals surface area (Å²) in [6.45, 7) is 2.17. The largest absolute Gasteiger partial charge is 0.487 e. The summed E-state index contributed by atoms with van der Waals surface area (Å²) >= 11 is 3.45. The summed E-state index contributed by atoms with van der Waals surface area (Å²) in [4.78, 5) is 9.77. The highest BCUT2D eigenvalue weighted by Gasteiger charge is 2.16. The van der Waals surface area contributed by atoms with E-state index in [9.17, 15) is 14.5 Å². The molecular formula is C13H13BrFN3O3. The van der Waals surface area contributed by atoms with Gasteiger partial charge >= 0.3 is 5.69 Å². The molecule has 0 aliphatic rings. The molecule has 0 saturated heterocycles. The number of nitrogens with zero attached hydrogens (tertiary/aromatic N) is 3. The van der Waals surface area contributed by atoms with Crippen molar-refractivity contribution in [2.75, 3.05) is 0 Å². The van der Waals surface area contributed by atoms with Crippen molar-refractivity contribution in [2.24, 2.45) is 7.05 Å². The summed E-state index contributed by atoms with van der Waals surface area (Å²) in [5.41, 5.74) is 1.15. The van der Waals surface area contributed by atoms with Crippen molar-refractivity contribution >= 4 is 21.6 Å². The van der Waals surface area contributed by atoms with Crippen LogP contribution in [0.2, 0.25) is 0 Å². The zero-order chi connectivity index (χ0) is 15.6. The Morgan fingerprint density at radius 1 is 1.52 bits per heavy atom. The van der Waals surface area contributed by atoms with Gasteiger partial charge in [-0.15, -0.1) is 0 Å². The van der Waals surface area contributed by atoms with Gasteiger partial charge in [0.15, 0.2) is 0 Å². The van der Waals surface area contributed by atoms with Crippen LogP contribution in [-0.4, -0.2) is 14.7 Å². The summed E-state index contributed by atoms with van der Waals surface area (Å²) in [5, 5.41) is 14.9. The number of aromatic nitrogens is 2. The van der Waals surface area contributed by atoms with Crippen LogP contribution in [0.5, 0.6) is 5.75 Å². The lowest BCUT2D eigenvalue weighted by Gasteiger charge is -2.07. The molecule has 2 rings (SSSR count). The zero-order valence-electron chi connectivity index (χ0n) is 11.5. The minimum absolute atomic E-state index is 0.182. The van der Waals surface area contributed by atoms with Crippen molar-refractivity contribution < 1.29 is 14.1 Å². The van der Waals surface area contributed by atoms with E-state index in [0.29, 0.717) is 0 Å². The van der Waals surface area contributed by atoms with Gasteiger partial charge in [-0.25, -0.2) is 0 Å². The molecule has 0 bridgehead atoms. The Bertz CT molecular complexity index is 688. The van der Waals surface area contributed by atoms with E-state index in [0.717, 1.165) is 34.4 Å². The van der Waals surface area contributed by atoms with Gasteiger partial charge in [0.25, 0.3) is 0 Å². The predicted molar refractivity (Wildman–Crippen MR) is 77.7 cm³/mol. The van der Waals surface area contributed by atoms with E-state index in [4.69, 9.17) is 4.74 Å². The molecule has 0 atom stereocenters. The highest BCUT2D eigenvalue weighted by atomic mass is 79.9. The molecule has 6 nitrogen and oxygen atoms in total. The topological polar surface area (TPSA) is 70.2 Å². The molecule has 0 unspecified atom stereocenters. The van der Waals surface area contributed by atoms with Crippen LogP contribution in [0.3, 0.4) is 0 Å². The van der Waals surface area contributed by atoms with Crippen LogP contribution in [0.4, 0.5) is 10.1 Å². The Kier molecular flexibility index (Phi) is 4.56. The Labute approximate surface area is 128 Å². The fraction of sp³-hybridized carbons (Fsp3) is 0.308. The first-order valence-electron chi connectivity index (χ1n) is 6.21. The normalized spacial score (nSPS) is 10.7. The maximum Gasteiger partial charge on any atom is 0.305 e. The van der Waals surface area contributed by atoms with Crippen LogP contribution >= 0.6 is 15.9 Å². The summed E-state index contributed by atoms with van der Waals surface area (Å²) in [6, 6.07) is 3.45. The molecule has 0 fully saturated rings.